The molecular weight excluding hydrogens is 358 g/mol. The van der Waals surface area contributed by atoms with Crippen molar-refractivity contribution >= 4 is 22.6 Å². The summed E-state index contributed by atoms with van der Waals surface area (Å²) in [5.74, 6) is 0.370. The maximum atomic E-state index is 13.2. The van der Waals surface area contributed by atoms with Crippen molar-refractivity contribution in [2.45, 2.75) is 27.2 Å². The van der Waals surface area contributed by atoms with Gasteiger partial charge in [0.25, 0.3) is 5.91 Å². The number of fused-ring (bicyclic) bond motifs is 1. The van der Waals surface area contributed by atoms with E-state index in [1.165, 1.54) is 5.56 Å². The van der Waals surface area contributed by atoms with Crippen LogP contribution in [0.25, 0.3) is 22.2 Å². The highest BCUT2D eigenvalue weighted by atomic mass is 16.1. The smallest absolute Gasteiger partial charge is 0.257 e. The van der Waals surface area contributed by atoms with Gasteiger partial charge in [-0.05, 0) is 55.7 Å². The summed E-state index contributed by atoms with van der Waals surface area (Å²) in [6.45, 7) is 6.04. The Morgan fingerprint density at radius 1 is 0.931 bits per heavy atom. The predicted molar refractivity (Wildman–Crippen MR) is 118 cm³/mol. The summed E-state index contributed by atoms with van der Waals surface area (Å²) in [6, 6.07) is 21.8. The number of pyridine rings is 2. The van der Waals surface area contributed by atoms with Gasteiger partial charge in [0, 0.05) is 16.6 Å². The van der Waals surface area contributed by atoms with Gasteiger partial charge in [-0.3, -0.25) is 4.79 Å². The molecule has 0 atom stereocenters. The summed E-state index contributed by atoms with van der Waals surface area (Å²) in [5, 5.41) is 3.77. The van der Waals surface area contributed by atoms with Gasteiger partial charge in [0.1, 0.15) is 5.82 Å². The molecule has 4 nitrogen and oxygen atoms in total. The maximum absolute atomic E-state index is 13.2. The van der Waals surface area contributed by atoms with Crippen LogP contribution in [0.3, 0.4) is 0 Å². The van der Waals surface area contributed by atoms with Crippen molar-refractivity contribution in [1.82, 2.24) is 9.97 Å². The Bertz CT molecular complexity index is 1180. The van der Waals surface area contributed by atoms with Gasteiger partial charge in [-0.25, -0.2) is 9.97 Å². The fourth-order valence-corrected chi connectivity index (χ4v) is 3.51. The number of para-hydroxylation sites is 1. The maximum Gasteiger partial charge on any atom is 0.257 e. The molecular formula is C25H23N3O. The van der Waals surface area contributed by atoms with Gasteiger partial charge >= 0.3 is 0 Å². The molecule has 0 saturated carbocycles. The third kappa shape index (κ3) is 4.02. The van der Waals surface area contributed by atoms with E-state index in [1.54, 1.807) is 0 Å². The van der Waals surface area contributed by atoms with Gasteiger partial charge in [-0.1, -0.05) is 49.4 Å². The van der Waals surface area contributed by atoms with Gasteiger partial charge < -0.3 is 5.32 Å². The minimum absolute atomic E-state index is 0.187. The molecule has 2 aromatic carbocycles. The summed E-state index contributed by atoms with van der Waals surface area (Å²) < 4.78 is 0. The average molecular weight is 381 g/mol. The lowest BCUT2D eigenvalue weighted by atomic mass is 10.0. The second-order valence-corrected chi connectivity index (χ2v) is 7.25. The van der Waals surface area contributed by atoms with Gasteiger partial charge in [-0.15, -0.1) is 0 Å². The number of hydrogen-bond donors (Lipinski definition) is 1. The highest BCUT2D eigenvalue weighted by Gasteiger charge is 2.15. The molecule has 2 aromatic heterocycles. The Labute approximate surface area is 170 Å². The highest BCUT2D eigenvalue weighted by molar-refractivity contribution is 6.12. The first-order valence-corrected chi connectivity index (χ1v) is 9.79. The summed E-state index contributed by atoms with van der Waals surface area (Å²) in [6.07, 6.45) is 0.988. The lowest BCUT2D eigenvalue weighted by Crippen LogP contribution is -2.14. The number of carbonyl (C=O) groups excluding carboxylic acids is 1. The number of nitrogens with zero attached hydrogens (tertiary/aromatic N) is 2. The average Bonchev–Trinajstić information content (AvgIpc) is 2.72. The zero-order valence-electron chi connectivity index (χ0n) is 16.9. The van der Waals surface area contributed by atoms with Crippen LogP contribution < -0.4 is 5.32 Å². The quantitative estimate of drug-likeness (QED) is 0.491. The number of carbonyl (C=O) groups is 1. The molecule has 144 valence electrons. The lowest BCUT2D eigenvalue weighted by Gasteiger charge is -2.11. The summed E-state index contributed by atoms with van der Waals surface area (Å²) in [4.78, 5) is 22.4. The Morgan fingerprint density at radius 3 is 2.41 bits per heavy atom. The van der Waals surface area contributed by atoms with Crippen molar-refractivity contribution in [3.8, 4) is 11.3 Å². The molecule has 0 spiro atoms. The Morgan fingerprint density at radius 2 is 1.69 bits per heavy atom. The van der Waals surface area contributed by atoms with E-state index >= 15 is 0 Å². The third-order valence-electron chi connectivity index (χ3n) is 4.96. The topological polar surface area (TPSA) is 54.9 Å². The van der Waals surface area contributed by atoms with Gasteiger partial charge in [0.05, 0.1) is 16.8 Å². The Kier molecular flexibility index (Phi) is 5.09. The number of anilines is 1. The molecule has 0 saturated heterocycles. The number of amides is 1. The normalized spacial score (nSPS) is 10.9. The van der Waals surface area contributed by atoms with Crippen LogP contribution in [-0.2, 0) is 6.42 Å². The van der Waals surface area contributed by atoms with E-state index in [4.69, 9.17) is 4.98 Å². The van der Waals surface area contributed by atoms with Gasteiger partial charge in [0.15, 0.2) is 0 Å². The number of aromatic nitrogens is 2. The number of benzene rings is 2. The summed E-state index contributed by atoms with van der Waals surface area (Å²) >= 11 is 0. The highest BCUT2D eigenvalue weighted by Crippen LogP contribution is 2.26. The molecule has 1 amide bonds. The minimum Gasteiger partial charge on any atom is -0.307 e. The molecule has 0 aliphatic carbocycles. The fourth-order valence-electron chi connectivity index (χ4n) is 3.51. The van der Waals surface area contributed by atoms with Crippen LogP contribution in [0.1, 0.15) is 34.1 Å². The fraction of sp³-hybridized carbons (Fsp3) is 0.160. The molecule has 0 aliphatic heterocycles. The van der Waals surface area contributed by atoms with E-state index in [0.29, 0.717) is 11.4 Å². The number of rotatable bonds is 4. The van der Waals surface area contributed by atoms with E-state index in [9.17, 15) is 4.79 Å². The second kappa shape index (κ2) is 7.84. The van der Waals surface area contributed by atoms with Crippen molar-refractivity contribution < 1.29 is 4.79 Å². The van der Waals surface area contributed by atoms with E-state index < -0.39 is 0 Å². The molecule has 0 fully saturated rings. The minimum atomic E-state index is -0.187. The zero-order valence-corrected chi connectivity index (χ0v) is 16.9. The van der Waals surface area contributed by atoms with E-state index in [2.05, 4.69) is 41.5 Å². The van der Waals surface area contributed by atoms with Crippen molar-refractivity contribution in [2.24, 2.45) is 0 Å². The molecule has 29 heavy (non-hydrogen) atoms. The SMILES string of the molecule is CCc1ccc(-c2cc(C(=O)Nc3cc(C)cc(C)n3)c3ccccc3n2)cc1. The molecule has 4 heteroatoms. The standard InChI is InChI=1S/C25H23N3O/c1-4-18-9-11-19(12-10-18)23-15-21(20-7-5-6-8-22(20)27-23)25(29)28-24-14-16(2)13-17(3)26-24/h5-15H,4H2,1-3H3,(H,26,28,29). The summed E-state index contributed by atoms with van der Waals surface area (Å²) in [7, 11) is 0. The Balaban J connectivity index is 1.78. The van der Waals surface area contributed by atoms with Gasteiger partial charge in [-0.2, -0.15) is 0 Å². The van der Waals surface area contributed by atoms with Crippen molar-refractivity contribution in [3.63, 3.8) is 0 Å². The first-order chi connectivity index (χ1) is 14.0. The van der Waals surface area contributed by atoms with Crippen LogP contribution in [0.5, 0.6) is 0 Å². The third-order valence-corrected chi connectivity index (χ3v) is 4.96. The van der Waals surface area contributed by atoms with Crippen LogP contribution in [0.15, 0.2) is 66.7 Å². The van der Waals surface area contributed by atoms with Crippen molar-refractivity contribution in [3.05, 3.63) is 89.1 Å². The first kappa shape index (κ1) is 18.8. The van der Waals surface area contributed by atoms with Crippen molar-refractivity contribution in [2.75, 3.05) is 5.32 Å². The monoisotopic (exact) mass is 381 g/mol. The van der Waals surface area contributed by atoms with Crippen LogP contribution in [0.2, 0.25) is 0 Å². The molecule has 1 N–H and O–H groups in total. The molecule has 2 heterocycles. The second-order valence-electron chi connectivity index (χ2n) is 7.25. The van der Waals surface area contributed by atoms with Crippen LogP contribution in [0.4, 0.5) is 5.82 Å². The molecule has 0 bridgehead atoms. The number of nitrogens with one attached hydrogen (secondary N) is 1. The Hall–Kier alpha value is -3.53. The zero-order chi connectivity index (χ0) is 20.4. The largest absolute Gasteiger partial charge is 0.307 e. The van der Waals surface area contributed by atoms with E-state index in [1.807, 2.05) is 56.3 Å². The molecule has 0 aliphatic rings. The van der Waals surface area contributed by atoms with E-state index in [-0.39, 0.29) is 5.91 Å². The van der Waals surface area contributed by atoms with Gasteiger partial charge in [0.2, 0.25) is 0 Å². The van der Waals surface area contributed by atoms with Crippen LogP contribution in [0, 0.1) is 13.8 Å². The van der Waals surface area contributed by atoms with E-state index in [0.717, 1.165) is 39.8 Å². The molecule has 4 aromatic rings. The number of hydrogen-bond acceptors (Lipinski definition) is 3. The lowest BCUT2D eigenvalue weighted by molar-refractivity contribution is 0.102. The first-order valence-electron chi connectivity index (χ1n) is 9.79. The summed E-state index contributed by atoms with van der Waals surface area (Å²) in [5.41, 5.74) is 6.36. The molecule has 0 radical (unpaired) electrons. The molecule has 0 unspecified atom stereocenters. The van der Waals surface area contributed by atoms with Crippen LogP contribution in [-0.4, -0.2) is 15.9 Å². The predicted octanol–water partition coefficient (Wildman–Crippen LogP) is 5.73. The molecule has 4 rings (SSSR count). The van der Waals surface area contributed by atoms with Crippen LogP contribution >= 0.6 is 0 Å². The number of aryl methyl sites for hydroxylation is 3. The van der Waals surface area contributed by atoms with Crippen molar-refractivity contribution in [1.29, 1.82) is 0 Å².